The van der Waals surface area contributed by atoms with Gasteiger partial charge in [-0.1, -0.05) is 0 Å². The Labute approximate surface area is 111 Å². The molecule has 0 aromatic heterocycles. The number of hydrogen-bond acceptors (Lipinski definition) is 2. The Morgan fingerprint density at radius 3 is 2.37 bits per heavy atom. The summed E-state index contributed by atoms with van der Waals surface area (Å²) in [6.07, 6.45) is 5.09. The van der Waals surface area contributed by atoms with Crippen LogP contribution in [0.5, 0.6) is 0 Å². The third-order valence-corrected chi connectivity index (χ3v) is 4.38. The third kappa shape index (κ3) is 2.48. The van der Waals surface area contributed by atoms with Crippen LogP contribution in [-0.2, 0) is 6.54 Å². The molecule has 0 amide bonds. The monoisotopic (exact) mass is 262 g/mol. The van der Waals surface area contributed by atoms with Gasteiger partial charge in [0.05, 0.1) is 11.6 Å². The van der Waals surface area contributed by atoms with Crippen molar-refractivity contribution < 1.29 is 8.78 Å². The molecule has 1 N–H and O–H groups in total. The predicted octanol–water partition coefficient (Wildman–Crippen LogP) is 3.12. The summed E-state index contributed by atoms with van der Waals surface area (Å²) in [6.45, 7) is 1.04. The summed E-state index contributed by atoms with van der Waals surface area (Å²) >= 11 is 0. The van der Waals surface area contributed by atoms with E-state index in [1.807, 2.05) is 0 Å². The summed E-state index contributed by atoms with van der Waals surface area (Å²) < 4.78 is 27.3. The Kier molecular flexibility index (Phi) is 3.02. The Balaban J connectivity index is 1.62. The van der Waals surface area contributed by atoms with E-state index in [-0.39, 0.29) is 17.7 Å². The highest BCUT2D eigenvalue weighted by atomic mass is 19.1. The van der Waals surface area contributed by atoms with Crippen LogP contribution in [0.1, 0.15) is 36.8 Å². The highest BCUT2D eigenvalue weighted by molar-refractivity contribution is 5.34. The second kappa shape index (κ2) is 4.57. The topological polar surface area (TPSA) is 35.8 Å². The van der Waals surface area contributed by atoms with Gasteiger partial charge in [-0.25, -0.2) is 8.78 Å². The molecule has 100 valence electrons. The standard InChI is InChI=1S/C15H16F2N2/c16-13-5-10(7-18)6-14(17)12(13)8-19-9-15(3-4-15)11-1-2-11/h5-6,11,19H,1-4,8-9H2. The van der Waals surface area contributed by atoms with Crippen molar-refractivity contribution in [1.82, 2.24) is 5.32 Å². The summed E-state index contributed by atoms with van der Waals surface area (Å²) in [4.78, 5) is 0. The first-order valence-corrected chi connectivity index (χ1v) is 6.73. The minimum atomic E-state index is -0.639. The number of rotatable bonds is 5. The molecular formula is C15H16F2N2. The lowest BCUT2D eigenvalue weighted by Crippen LogP contribution is -2.25. The number of nitrogens with one attached hydrogen (secondary N) is 1. The maximum atomic E-state index is 13.7. The van der Waals surface area contributed by atoms with Crippen LogP contribution in [0.15, 0.2) is 12.1 Å². The van der Waals surface area contributed by atoms with Gasteiger partial charge in [0.1, 0.15) is 11.6 Å². The van der Waals surface area contributed by atoms with Crippen LogP contribution in [0.4, 0.5) is 8.78 Å². The van der Waals surface area contributed by atoms with Crippen LogP contribution in [0.25, 0.3) is 0 Å². The average Bonchev–Trinajstić information content (AvgIpc) is 3.25. The Bertz CT molecular complexity index is 517. The number of nitriles is 1. The minimum Gasteiger partial charge on any atom is -0.312 e. The molecule has 2 nitrogen and oxygen atoms in total. The SMILES string of the molecule is N#Cc1cc(F)c(CNCC2(C3CC3)CC2)c(F)c1. The van der Waals surface area contributed by atoms with Gasteiger partial charge in [-0.2, -0.15) is 5.26 Å². The van der Waals surface area contributed by atoms with Crippen LogP contribution in [-0.4, -0.2) is 6.54 Å². The molecule has 2 aliphatic carbocycles. The fraction of sp³-hybridized carbons (Fsp3) is 0.533. The summed E-state index contributed by atoms with van der Waals surface area (Å²) in [7, 11) is 0. The van der Waals surface area contributed by atoms with E-state index in [9.17, 15) is 8.78 Å². The smallest absolute Gasteiger partial charge is 0.131 e. The van der Waals surface area contributed by atoms with Gasteiger partial charge < -0.3 is 5.32 Å². The summed E-state index contributed by atoms with van der Waals surface area (Å²) in [6, 6.07) is 3.93. The zero-order valence-corrected chi connectivity index (χ0v) is 10.7. The Hall–Kier alpha value is -1.47. The minimum absolute atomic E-state index is 0.0235. The molecule has 0 saturated heterocycles. The van der Waals surface area contributed by atoms with Gasteiger partial charge in [-0.15, -0.1) is 0 Å². The fourth-order valence-corrected chi connectivity index (χ4v) is 2.86. The van der Waals surface area contributed by atoms with Gasteiger partial charge in [0.25, 0.3) is 0 Å². The summed E-state index contributed by atoms with van der Waals surface area (Å²) in [5.74, 6) is -0.448. The van der Waals surface area contributed by atoms with Gasteiger partial charge in [0, 0.05) is 18.7 Å². The first-order valence-electron chi connectivity index (χ1n) is 6.73. The van der Waals surface area contributed by atoms with E-state index in [0.29, 0.717) is 5.41 Å². The van der Waals surface area contributed by atoms with Crippen molar-refractivity contribution in [1.29, 1.82) is 5.26 Å². The number of hydrogen-bond donors (Lipinski definition) is 1. The van der Waals surface area contributed by atoms with Crippen LogP contribution in [0, 0.1) is 34.3 Å². The average molecular weight is 262 g/mol. The molecule has 1 aromatic rings. The quantitative estimate of drug-likeness (QED) is 0.885. The van der Waals surface area contributed by atoms with Gasteiger partial charge in [-0.05, 0) is 49.1 Å². The molecule has 2 saturated carbocycles. The van der Waals surface area contributed by atoms with Crippen molar-refractivity contribution in [2.75, 3.05) is 6.54 Å². The molecule has 2 fully saturated rings. The molecule has 0 spiro atoms. The highest BCUT2D eigenvalue weighted by Crippen LogP contribution is 2.60. The number of nitrogens with zero attached hydrogens (tertiary/aromatic N) is 1. The molecular weight excluding hydrogens is 246 g/mol. The van der Waals surface area contributed by atoms with Gasteiger partial charge in [0.2, 0.25) is 0 Å². The molecule has 0 atom stereocenters. The second-order valence-electron chi connectivity index (χ2n) is 5.77. The molecule has 3 rings (SSSR count). The van der Waals surface area contributed by atoms with E-state index >= 15 is 0 Å². The van der Waals surface area contributed by atoms with Crippen LogP contribution in [0.2, 0.25) is 0 Å². The van der Waals surface area contributed by atoms with Crippen LogP contribution >= 0.6 is 0 Å². The lowest BCUT2D eigenvalue weighted by Gasteiger charge is -2.15. The normalized spacial score (nSPS) is 20.1. The Morgan fingerprint density at radius 1 is 1.26 bits per heavy atom. The van der Waals surface area contributed by atoms with Gasteiger partial charge in [-0.3, -0.25) is 0 Å². The number of halogens is 2. The molecule has 0 radical (unpaired) electrons. The zero-order valence-electron chi connectivity index (χ0n) is 10.7. The highest BCUT2D eigenvalue weighted by Gasteiger charge is 2.53. The zero-order chi connectivity index (χ0) is 13.5. The molecule has 2 aliphatic rings. The molecule has 19 heavy (non-hydrogen) atoms. The number of benzene rings is 1. The lowest BCUT2D eigenvalue weighted by molar-refractivity contribution is 0.398. The fourth-order valence-electron chi connectivity index (χ4n) is 2.86. The van der Waals surface area contributed by atoms with E-state index in [1.54, 1.807) is 6.07 Å². The van der Waals surface area contributed by atoms with E-state index in [2.05, 4.69) is 5.32 Å². The van der Waals surface area contributed by atoms with Crippen LogP contribution < -0.4 is 5.32 Å². The predicted molar refractivity (Wildman–Crippen MR) is 67.2 cm³/mol. The largest absolute Gasteiger partial charge is 0.312 e. The van der Waals surface area contributed by atoms with Gasteiger partial charge >= 0.3 is 0 Å². The van der Waals surface area contributed by atoms with Crippen molar-refractivity contribution in [3.63, 3.8) is 0 Å². The van der Waals surface area contributed by atoms with Crippen molar-refractivity contribution in [3.05, 3.63) is 34.9 Å². The van der Waals surface area contributed by atoms with Crippen molar-refractivity contribution >= 4 is 0 Å². The molecule has 1 aromatic carbocycles. The first kappa shape index (κ1) is 12.6. The summed E-state index contributed by atoms with van der Waals surface area (Å²) in [5.41, 5.74) is 0.473. The molecule has 0 heterocycles. The lowest BCUT2D eigenvalue weighted by atomic mass is 10.0. The third-order valence-electron chi connectivity index (χ3n) is 4.38. The molecule has 0 unspecified atom stereocenters. The Morgan fingerprint density at radius 2 is 1.89 bits per heavy atom. The molecule has 0 aliphatic heterocycles. The van der Waals surface area contributed by atoms with Gasteiger partial charge in [0.15, 0.2) is 0 Å². The second-order valence-corrected chi connectivity index (χ2v) is 5.77. The van der Waals surface area contributed by atoms with Crippen molar-refractivity contribution in [3.8, 4) is 6.07 Å². The van der Waals surface area contributed by atoms with Crippen LogP contribution in [0.3, 0.4) is 0 Å². The first-order chi connectivity index (χ1) is 9.14. The van der Waals surface area contributed by atoms with E-state index < -0.39 is 11.6 Å². The van der Waals surface area contributed by atoms with E-state index in [1.165, 1.54) is 25.7 Å². The molecule has 0 bridgehead atoms. The van der Waals surface area contributed by atoms with Crippen molar-refractivity contribution in [2.45, 2.75) is 32.2 Å². The van der Waals surface area contributed by atoms with E-state index in [0.717, 1.165) is 24.6 Å². The van der Waals surface area contributed by atoms with Crippen molar-refractivity contribution in [2.24, 2.45) is 11.3 Å². The van der Waals surface area contributed by atoms with E-state index in [4.69, 9.17) is 5.26 Å². The maximum Gasteiger partial charge on any atom is 0.131 e. The maximum absolute atomic E-state index is 13.7. The molecule has 4 heteroatoms. The summed E-state index contributed by atoms with van der Waals surface area (Å²) in [5, 5.41) is 11.8.